The van der Waals surface area contributed by atoms with Crippen LogP contribution >= 0.6 is 12.4 Å². The van der Waals surface area contributed by atoms with E-state index >= 15 is 0 Å². The molecule has 0 aliphatic rings. The Bertz CT molecular complexity index is 88.8. The molecule has 0 saturated heterocycles. The molecule has 0 saturated carbocycles. The van der Waals surface area contributed by atoms with E-state index in [2.05, 4.69) is 0 Å². The summed E-state index contributed by atoms with van der Waals surface area (Å²) in [7, 11) is 0. The molecule has 1 aromatic rings. The minimum Gasteiger partial charge on any atom is -0.412 e. The maximum absolute atomic E-state index is 2.00. The summed E-state index contributed by atoms with van der Waals surface area (Å²) >= 11 is 0. The number of benzene rings is 1. The van der Waals surface area contributed by atoms with E-state index in [0.717, 1.165) is 0 Å². The molecular formula is C7H21ClO5. The molecule has 5 nitrogen and oxygen atoms in total. The minimum atomic E-state index is 0. The van der Waals surface area contributed by atoms with Gasteiger partial charge in [0.15, 0.2) is 0 Å². The van der Waals surface area contributed by atoms with Gasteiger partial charge in [-0.25, -0.2) is 0 Å². The second-order valence-electron chi connectivity index (χ2n) is 1.15. The Morgan fingerprint density at radius 3 is 0.538 bits per heavy atom. The Hall–Kier alpha value is -0.690. The average molecular weight is 221 g/mol. The van der Waals surface area contributed by atoms with Crippen molar-refractivity contribution in [1.82, 2.24) is 0 Å². The van der Waals surface area contributed by atoms with Crippen LogP contribution in [0.15, 0.2) is 36.4 Å². The van der Waals surface area contributed by atoms with Crippen molar-refractivity contribution in [2.45, 2.75) is 7.43 Å². The van der Waals surface area contributed by atoms with Crippen molar-refractivity contribution < 1.29 is 27.4 Å². The van der Waals surface area contributed by atoms with Gasteiger partial charge in [-0.2, -0.15) is 0 Å². The molecule has 13 heavy (non-hydrogen) atoms. The fraction of sp³-hybridized carbons (Fsp3) is 0.143. The van der Waals surface area contributed by atoms with Crippen LogP contribution in [0.5, 0.6) is 0 Å². The Balaban J connectivity index is -0.0000000103. The van der Waals surface area contributed by atoms with E-state index in [1.807, 2.05) is 36.4 Å². The van der Waals surface area contributed by atoms with E-state index in [0.29, 0.717) is 0 Å². The van der Waals surface area contributed by atoms with Gasteiger partial charge in [-0.3, -0.25) is 0 Å². The van der Waals surface area contributed by atoms with Gasteiger partial charge in [-0.15, -0.1) is 12.4 Å². The van der Waals surface area contributed by atoms with Gasteiger partial charge in [0.25, 0.3) is 0 Å². The van der Waals surface area contributed by atoms with Crippen LogP contribution < -0.4 is 0 Å². The Morgan fingerprint density at radius 2 is 0.462 bits per heavy atom. The van der Waals surface area contributed by atoms with Gasteiger partial charge in [-0.05, 0) is 0 Å². The lowest BCUT2D eigenvalue weighted by molar-refractivity contribution is 0.823. The zero-order chi connectivity index (χ0) is 4.24. The fourth-order valence-electron chi connectivity index (χ4n) is 0.385. The molecule has 6 heteroatoms. The predicted octanol–water partition coefficient (Wildman–Crippen LogP) is -1.38. The molecule has 0 amide bonds. The van der Waals surface area contributed by atoms with Crippen molar-refractivity contribution in [3.8, 4) is 0 Å². The van der Waals surface area contributed by atoms with Crippen LogP contribution in [-0.4, -0.2) is 27.4 Å². The molecule has 1 aromatic carbocycles. The maximum atomic E-state index is 2.00. The Kier molecular flexibility index (Phi) is 183. The highest BCUT2D eigenvalue weighted by Crippen LogP contribution is 1.79. The van der Waals surface area contributed by atoms with Gasteiger partial charge in [0, 0.05) is 0 Å². The molecule has 0 radical (unpaired) electrons. The van der Waals surface area contributed by atoms with Crippen LogP contribution in [-0.2, 0) is 0 Å². The molecule has 0 aliphatic carbocycles. The molecule has 0 bridgehead atoms. The first-order valence-electron chi connectivity index (χ1n) is 2.00. The maximum Gasteiger partial charge on any atom is -0.0623 e. The van der Waals surface area contributed by atoms with Crippen LogP contribution in [0.25, 0.3) is 0 Å². The molecule has 10 N–H and O–H groups in total. The van der Waals surface area contributed by atoms with Crippen LogP contribution in [0.4, 0.5) is 0 Å². The standard InChI is InChI=1S/C6H6.CH4.ClH.5H2O/c1-2-4-6-5-3-1;;;;;;;/h1-6H;1H4;1H;5*1H2. The highest BCUT2D eigenvalue weighted by molar-refractivity contribution is 5.85. The van der Waals surface area contributed by atoms with Gasteiger partial charge in [-0.1, -0.05) is 43.8 Å². The molecule has 0 aromatic heterocycles. The number of hydrogen-bond donors (Lipinski definition) is 0. The second kappa shape index (κ2) is 42.6. The summed E-state index contributed by atoms with van der Waals surface area (Å²) in [6.07, 6.45) is 0. The van der Waals surface area contributed by atoms with Crippen LogP contribution in [0.1, 0.15) is 7.43 Å². The summed E-state index contributed by atoms with van der Waals surface area (Å²) in [4.78, 5) is 0. The van der Waals surface area contributed by atoms with E-state index in [4.69, 9.17) is 0 Å². The molecule has 0 unspecified atom stereocenters. The quantitative estimate of drug-likeness (QED) is 0.505. The van der Waals surface area contributed by atoms with Crippen molar-refractivity contribution in [3.05, 3.63) is 36.4 Å². The molecule has 0 heterocycles. The van der Waals surface area contributed by atoms with Crippen molar-refractivity contribution in [3.63, 3.8) is 0 Å². The van der Waals surface area contributed by atoms with Gasteiger partial charge < -0.3 is 27.4 Å². The third-order valence-corrected chi connectivity index (χ3v) is 0.667. The summed E-state index contributed by atoms with van der Waals surface area (Å²) in [5, 5.41) is 0. The van der Waals surface area contributed by atoms with E-state index in [1.165, 1.54) is 0 Å². The molecule has 0 aliphatic heterocycles. The highest BCUT2D eigenvalue weighted by atomic mass is 35.5. The van der Waals surface area contributed by atoms with E-state index in [9.17, 15) is 0 Å². The lowest BCUT2D eigenvalue weighted by Crippen LogP contribution is -1.47. The van der Waals surface area contributed by atoms with E-state index < -0.39 is 0 Å². The lowest BCUT2D eigenvalue weighted by Gasteiger charge is -1.69. The second-order valence-corrected chi connectivity index (χ2v) is 1.15. The van der Waals surface area contributed by atoms with Crippen LogP contribution in [0.2, 0.25) is 0 Å². The largest absolute Gasteiger partial charge is 0.412 e. The number of hydrogen-bond acceptors (Lipinski definition) is 0. The lowest BCUT2D eigenvalue weighted by atomic mass is 10.4. The smallest absolute Gasteiger partial charge is 0.0623 e. The van der Waals surface area contributed by atoms with Crippen LogP contribution in [0, 0.1) is 0 Å². The summed E-state index contributed by atoms with van der Waals surface area (Å²) in [6, 6.07) is 12.0. The molecule has 0 atom stereocenters. The zero-order valence-electron chi connectivity index (χ0n) is 6.37. The average Bonchev–Trinajstić information content (AvgIpc) is 1.72. The zero-order valence-corrected chi connectivity index (χ0v) is 7.19. The van der Waals surface area contributed by atoms with Gasteiger partial charge >= 0.3 is 0 Å². The van der Waals surface area contributed by atoms with Gasteiger partial charge in [0.1, 0.15) is 0 Å². The first-order chi connectivity index (χ1) is 3.00. The van der Waals surface area contributed by atoms with Crippen molar-refractivity contribution in [2.24, 2.45) is 0 Å². The van der Waals surface area contributed by atoms with E-state index in [1.54, 1.807) is 0 Å². The first kappa shape index (κ1) is 55.8. The third-order valence-electron chi connectivity index (χ3n) is 0.667. The molecule has 86 valence electrons. The van der Waals surface area contributed by atoms with E-state index in [-0.39, 0.29) is 47.2 Å². The number of rotatable bonds is 0. The SMILES string of the molecule is C.Cl.O.O.O.O.O.c1ccccc1. The molecule has 0 fully saturated rings. The summed E-state index contributed by atoms with van der Waals surface area (Å²) in [5.41, 5.74) is 0. The summed E-state index contributed by atoms with van der Waals surface area (Å²) in [5.74, 6) is 0. The van der Waals surface area contributed by atoms with Crippen molar-refractivity contribution in [1.29, 1.82) is 0 Å². The minimum absolute atomic E-state index is 0. The van der Waals surface area contributed by atoms with Gasteiger partial charge in [0.2, 0.25) is 0 Å². The molecular weight excluding hydrogens is 200 g/mol. The monoisotopic (exact) mass is 220 g/mol. The van der Waals surface area contributed by atoms with Crippen LogP contribution in [0.3, 0.4) is 0 Å². The predicted molar refractivity (Wildman–Crippen MR) is 58.5 cm³/mol. The normalized spacial score (nSPS) is 3.69. The fourth-order valence-corrected chi connectivity index (χ4v) is 0.385. The van der Waals surface area contributed by atoms with Crippen molar-refractivity contribution >= 4 is 12.4 Å². The van der Waals surface area contributed by atoms with Gasteiger partial charge in [0.05, 0.1) is 0 Å². The summed E-state index contributed by atoms with van der Waals surface area (Å²) < 4.78 is 0. The highest BCUT2D eigenvalue weighted by Gasteiger charge is 1.57. The summed E-state index contributed by atoms with van der Waals surface area (Å²) in [6.45, 7) is 0. The van der Waals surface area contributed by atoms with Crippen molar-refractivity contribution in [2.75, 3.05) is 0 Å². The third kappa shape index (κ3) is 34.8. The Morgan fingerprint density at radius 1 is 0.385 bits per heavy atom. The topological polar surface area (TPSA) is 158 Å². The first-order valence-corrected chi connectivity index (χ1v) is 2.00. The Labute approximate surface area is 84.4 Å². The number of halogens is 1. The molecule has 0 spiro atoms. The molecule has 1 rings (SSSR count).